The molecule has 0 spiro atoms. The van der Waals surface area contributed by atoms with E-state index in [9.17, 15) is 0 Å². The molecule has 0 bridgehead atoms. The predicted molar refractivity (Wildman–Crippen MR) is 11.5 cm³/mol. The largest absolute Gasteiger partial charge is 0 e. The second-order valence-corrected chi connectivity index (χ2v) is 0. The Morgan fingerprint density at radius 3 is 1.00 bits per heavy atom. The van der Waals surface area contributed by atoms with Crippen molar-refractivity contribution in [1.29, 1.82) is 0 Å². The molecule has 0 aromatic carbocycles. The molecule has 0 amide bonds. The van der Waals surface area contributed by atoms with Crippen LogP contribution in [0.2, 0.25) is 0 Å². The van der Waals surface area contributed by atoms with Crippen molar-refractivity contribution >= 4 is 34.0 Å². The van der Waals surface area contributed by atoms with E-state index in [4.69, 9.17) is 0 Å². The Labute approximate surface area is 67.9 Å². The third-order valence-corrected chi connectivity index (χ3v) is 0. The maximum Gasteiger partial charge on any atom is 0 e. The quantitative estimate of drug-likeness (QED) is 0.408. The van der Waals surface area contributed by atoms with Gasteiger partial charge in [0.15, 0.2) is 0 Å². The van der Waals surface area contributed by atoms with E-state index in [1.807, 2.05) is 0 Å². The summed E-state index contributed by atoms with van der Waals surface area (Å²) in [5.74, 6) is 0. The molecule has 0 aromatic heterocycles. The van der Waals surface area contributed by atoms with E-state index in [1.54, 1.807) is 0 Å². The van der Waals surface area contributed by atoms with E-state index < -0.39 is 0 Å². The normalized spacial score (nSPS) is 0. The average Bonchev–Trinajstić information content (AvgIpc) is 0. The molecular weight excluding hydrogens is 160 g/mol. The summed E-state index contributed by atoms with van der Waals surface area (Å²) < 4.78 is 0. The minimum atomic E-state index is 0. The van der Waals surface area contributed by atoms with E-state index in [0.717, 1.165) is 0 Å². The molecule has 0 fully saturated rings. The Kier molecular flexibility index (Phi) is 183. The standard InChI is InChI=1S/Cr.Fe.Mg.Si. The molecule has 4 heavy (non-hydrogen) atoms. The molecule has 0 nitrogen and oxygen atoms in total. The molecule has 0 aliphatic heterocycles. The number of hydrogen-bond donors (Lipinski definition) is 0. The van der Waals surface area contributed by atoms with Gasteiger partial charge in [0.1, 0.15) is 0 Å². The van der Waals surface area contributed by atoms with Crippen LogP contribution in [0.1, 0.15) is 0 Å². The zero-order valence-corrected chi connectivity index (χ0v) is 6.76. The van der Waals surface area contributed by atoms with E-state index in [1.165, 1.54) is 0 Å². The van der Waals surface area contributed by atoms with Crippen LogP contribution in [0, 0.1) is 0 Å². The molecule has 4 heteroatoms. The fourth-order valence-electron chi connectivity index (χ4n) is 0. The molecule has 20 valence electrons. The van der Waals surface area contributed by atoms with Gasteiger partial charge >= 0.3 is 0 Å². The van der Waals surface area contributed by atoms with Gasteiger partial charge in [-0.05, 0) is 0 Å². The zero-order chi connectivity index (χ0) is 0. The summed E-state index contributed by atoms with van der Waals surface area (Å²) in [4.78, 5) is 0. The van der Waals surface area contributed by atoms with Crippen molar-refractivity contribution in [2.75, 3.05) is 0 Å². The van der Waals surface area contributed by atoms with Gasteiger partial charge in [-0.15, -0.1) is 0 Å². The van der Waals surface area contributed by atoms with Crippen LogP contribution < -0.4 is 0 Å². The molecule has 0 saturated carbocycles. The molecule has 0 rings (SSSR count). The molecule has 0 aliphatic carbocycles. The van der Waals surface area contributed by atoms with Crippen LogP contribution in [0.4, 0.5) is 0 Å². The van der Waals surface area contributed by atoms with E-state index in [-0.39, 0.29) is 68.4 Å². The summed E-state index contributed by atoms with van der Waals surface area (Å²) >= 11 is 0. The topological polar surface area (TPSA) is 0 Å². The zero-order valence-electron chi connectivity index (χ0n) is 1.97. The Morgan fingerprint density at radius 2 is 1.00 bits per heavy atom. The van der Waals surface area contributed by atoms with Crippen molar-refractivity contribution < 1.29 is 34.4 Å². The van der Waals surface area contributed by atoms with Gasteiger partial charge < -0.3 is 0 Å². The summed E-state index contributed by atoms with van der Waals surface area (Å²) in [6, 6.07) is 0. The third kappa shape index (κ3) is 8.97. The summed E-state index contributed by atoms with van der Waals surface area (Å²) in [6.45, 7) is 0. The summed E-state index contributed by atoms with van der Waals surface area (Å²) in [5.41, 5.74) is 0. The first-order valence-corrected chi connectivity index (χ1v) is 0. The minimum absolute atomic E-state index is 0. The van der Waals surface area contributed by atoms with Gasteiger partial charge in [0.05, 0.1) is 0 Å². The molecule has 0 atom stereocenters. The van der Waals surface area contributed by atoms with Crippen LogP contribution in [0.15, 0.2) is 0 Å². The summed E-state index contributed by atoms with van der Waals surface area (Å²) in [6.07, 6.45) is 0. The molecular formula is CrFeMgSi. The van der Waals surface area contributed by atoms with Gasteiger partial charge in [-0.1, -0.05) is 0 Å². The van der Waals surface area contributed by atoms with Crippen molar-refractivity contribution in [3.05, 3.63) is 0 Å². The maximum absolute atomic E-state index is 0. The van der Waals surface area contributed by atoms with Crippen molar-refractivity contribution in [2.24, 2.45) is 0 Å². The van der Waals surface area contributed by atoms with Crippen LogP contribution in [0.25, 0.3) is 0 Å². The van der Waals surface area contributed by atoms with Crippen molar-refractivity contribution in [1.82, 2.24) is 0 Å². The Morgan fingerprint density at radius 1 is 1.00 bits per heavy atom. The molecule has 0 aliphatic rings. The molecule has 0 aromatic rings. The summed E-state index contributed by atoms with van der Waals surface area (Å²) in [7, 11) is 0. The van der Waals surface area contributed by atoms with Gasteiger partial charge in [-0.25, -0.2) is 0 Å². The monoisotopic (exact) mass is 160 g/mol. The Bertz CT molecular complexity index is 8.00. The average molecular weight is 160 g/mol. The first-order valence-electron chi connectivity index (χ1n) is 0. The molecule has 0 heterocycles. The number of hydrogen-bond acceptors (Lipinski definition) is 0. The number of rotatable bonds is 0. The van der Waals surface area contributed by atoms with Crippen molar-refractivity contribution in [3.8, 4) is 0 Å². The van der Waals surface area contributed by atoms with Crippen LogP contribution in [-0.2, 0) is 34.4 Å². The van der Waals surface area contributed by atoms with Gasteiger partial charge in [0.2, 0.25) is 0 Å². The molecule has 0 unspecified atom stereocenters. The SMILES string of the molecule is [Cr].[Fe].[Mg].[Si]. The first-order chi connectivity index (χ1) is 0. The summed E-state index contributed by atoms with van der Waals surface area (Å²) in [5, 5.41) is 0. The van der Waals surface area contributed by atoms with E-state index in [0.29, 0.717) is 0 Å². The van der Waals surface area contributed by atoms with Crippen LogP contribution in [-0.4, -0.2) is 34.0 Å². The smallest absolute Gasteiger partial charge is 0 e. The maximum atomic E-state index is 0. The van der Waals surface area contributed by atoms with Crippen molar-refractivity contribution in [3.63, 3.8) is 0 Å². The van der Waals surface area contributed by atoms with E-state index >= 15 is 0 Å². The molecule has 0 N–H and O–H groups in total. The first kappa shape index (κ1) is 36.9. The van der Waals surface area contributed by atoms with Crippen LogP contribution in [0.3, 0.4) is 0 Å². The van der Waals surface area contributed by atoms with Gasteiger partial charge in [-0.3, -0.25) is 0 Å². The Balaban J connectivity index is 0. The van der Waals surface area contributed by atoms with Crippen molar-refractivity contribution in [2.45, 2.75) is 0 Å². The fraction of sp³-hybridized carbons (Fsp3) is 0. The van der Waals surface area contributed by atoms with Gasteiger partial charge in [-0.2, -0.15) is 0 Å². The minimum Gasteiger partial charge on any atom is 0 e. The predicted octanol–water partition coefficient (Wildman–Crippen LogP) is -0.767. The Hall–Kier alpha value is 2.04. The van der Waals surface area contributed by atoms with E-state index in [2.05, 4.69) is 0 Å². The third-order valence-electron chi connectivity index (χ3n) is 0. The fourth-order valence-corrected chi connectivity index (χ4v) is 0. The van der Waals surface area contributed by atoms with Gasteiger partial charge in [0.25, 0.3) is 0 Å². The molecule has 6 radical (unpaired) electrons. The second kappa shape index (κ2) is 19.8. The van der Waals surface area contributed by atoms with Crippen LogP contribution in [0.5, 0.6) is 0 Å². The second-order valence-electron chi connectivity index (χ2n) is 0. The molecule has 0 saturated heterocycles. The van der Waals surface area contributed by atoms with Gasteiger partial charge in [0, 0.05) is 68.4 Å². The van der Waals surface area contributed by atoms with Crippen LogP contribution >= 0.6 is 0 Å².